The van der Waals surface area contributed by atoms with Crippen LogP contribution in [0.4, 0.5) is 0 Å². The molecule has 2 rings (SSSR count). The van der Waals surface area contributed by atoms with Crippen LogP contribution in [-0.2, 0) is 16.8 Å². The van der Waals surface area contributed by atoms with E-state index < -0.39 is 0 Å². The number of carbonyl (C=O) groups excluding carboxylic acids is 1. The van der Waals surface area contributed by atoms with Gasteiger partial charge in [0.15, 0.2) is 0 Å². The van der Waals surface area contributed by atoms with E-state index in [1.165, 1.54) is 5.56 Å². The lowest BCUT2D eigenvalue weighted by Crippen LogP contribution is -2.29. The van der Waals surface area contributed by atoms with Crippen LogP contribution in [0.2, 0.25) is 0 Å². The van der Waals surface area contributed by atoms with Crippen molar-refractivity contribution >= 4 is 5.91 Å². The molecule has 1 aromatic carbocycles. The third kappa shape index (κ3) is 3.66. The summed E-state index contributed by atoms with van der Waals surface area (Å²) in [5.74, 6) is -0.209. The number of hydrogen-bond donors (Lipinski definition) is 2. The van der Waals surface area contributed by atoms with E-state index in [1.807, 2.05) is 24.4 Å². The van der Waals surface area contributed by atoms with Crippen LogP contribution in [0.3, 0.4) is 0 Å². The molecule has 2 aromatic rings. The lowest BCUT2D eigenvalue weighted by Gasteiger charge is -2.22. The maximum Gasteiger partial charge on any atom is 0.234 e. The van der Waals surface area contributed by atoms with Crippen LogP contribution < -0.4 is 11.1 Å². The van der Waals surface area contributed by atoms with Gasteiger partial charge in [-0.2, -0.15) is 0 Å². The fraction of sp³-hybridized carbons (Fsp3) is 0.400. The minimum absolute atomic E-state index is 0.0104. The summed E-state index contributed by atoms with van der Waals surface area (Å²) >= 11 is 0. The second-order valence-electron chi connectivity index (χ2n) is 5.90. The second kappa shape index (κ2) is 6.05. The van der Waals surface area contributed by atoms with Gasteiger partial charge in [-0.15, -0.1) is 5.10 Å². The zero-order valence-electron chi connectivity index (χ0n) is 12.6. The number of amides is 1. The molecule has 6 heteroatoms. The molecule has 0 aliphatic carbocycles. The van der Waals surface area contributed by atoms with Crippen molar-refractivity contribution < 1.29 is 4.79 Å². The molecular formula is C15H21N5O. The molecule has 1 aromatic heterocycles. The number of aromatic nitrogens is 3. The molecule has 0 radical (unpaired) electrons. The van der Waals surface area contributed by atoms with Crippen molar-refractivity contribution in [3.8, 4) is 5.69 Å². The summed E-state index contributed by atoms with van der Waals surface area (Å²) in [6, 6.07) is 8.09. The minimum atomic E-state index is -0.209. The molecule has 0 atom stereocenters. The second-order valence-corrected chi connectivity index (χ2v) is 5.90. The Morgan fingerprint density at radius 1 is 1.33 bits per heavy atom. The summed E-state index contributed by atoms with van der Waals surface area (Å²) in [6.45, 7) is 6.77. The Balaban J connectivity index is 2.24. The Bertz CT molecular complexity index is 627. The SMILES string of the molecule is CC(C)(C)c1ccccc1-n1cc(CNC(=O)CN)nn1. The van der Waals surface area contributed by atoms with Gasteiger partial charge in [0, 0.05) is 0 Å². The van der Waals surface area contributed by atoms with Gasteiger partial charge in [0.2, 0.25) is 5.91 Å². The highest BCUT2D eigenvalue weighted by molar-refractivity contribution is 5.77. The van der Waals surface area contributed by atoms with Crippen LogP contribution in [0.5, 0.6) is 0 Å². The highest BCUT2D eigenvalue weighted by atomic mass is 16.1. The number of hydrogen-bond acceptors (Lipinski definition) is 4. The van der Waals surface area contributed by atoms with Crippen molar-refractivity contribution in [2.45, 2.75) is 32.7 Å². The maximum absolute atomic E-state index is 11.2. The Morgan fingerprint density at radius 2 is 2.05 bits per heavy atom. The lowest BCUT2D eigenvalue weighted by atomic mass is 9.86. The van der Waals surface area contributed by atoms with Crippen LogP contribution in [0.15, 0.2) is 30.5 Å². The third-order valence-electron chi connectivity index (χ3n) is 3.15. The average molecular weight is 287 g/mol. The fourth-order valence-electron chi connectivity index (χ4n) is 2.07. The summed E-state index contributed by atoms with van der Waals surface area (Å²) < 4.78 is 1.74. The van der Waals surface area contributed by atoms with E-state index in [0.29, 0.717) is 12.2 Å². The Kier molecular flexibility index (Phi) is 4.37. The molecule has 1 heterocycles. The van der Waals surface area contributed by atoms with Crippen LogP contribution in [0, 0.1) is 0 Å². The summed E-state index contributed by atoms with van der Waals surface area (Å²) in [5.41, 5.74) is 8.13. The van der Waals surface area contributed by atoms with Gasteiger partial charge in [0.1, 0.15) is 5.69 Å². The molecule has 0 bridgehead atoms. The first-order chi connectivity index (χ1) is 9.91. The molecule has 3 N–H and O–H groups in total. The van der Waals surface area contributed by atoms with Crippen molar-refractivity contribution in [2.24, 2.45) is 5.73 Å². The molecule has 0 unspecified atom stereocenters. The van der Waals surface area contributed by atoms with E-state index in [4.69, 9.17) is 5.73 Å². The molecule has 21 heavy (non-hydrogen) atoms. The number of rotatable bonds is 4. The van der Waals surface area contributed by atoms with Crippen LogP contribution in [-0.4, -0.2) is 27.4 Å². The highest BCUT2D eigenvalue weighted by Crippen LogP contribution is 2.27. The molecule has 1 amide bonds. The molecular weight excluding hydrogens is 266 g/mol. The molecule has 0 spiro atoms. The van der Waals surface area contributed by atoms with E-state index in [1.54, 1.807) is 4.68 Å². The molecule has 6 nitrogen and oxygen atoms in total. The number of carbonyl (C=O) groups is 1. The third-order valence-corrected chi connectivity index (χ3v) is 3.15. The normalized spacial score (nSPS) is 11.4. The summed E-state index contributed by atoms with van der Waals surface area (Å²) in [7, 11) is 0. The quantitative estimate of drug-likeness (QED) is 0.883. The van der Waals surface area contributed by atoms with E-state index in [2.05, 4.69) is 42.5 Å². The van der Waals surface area contributed by atoms with Gasteiger partial charge in [-0.05, 0) is 17.0 Å². The van der Waals surface area contributed by atoms with E-state index >= 15 is 0 Å². The molecule has 0 aliphatic heterocycles. The molecule has 0 saturated carbocycles. The number of nitrogens with two attached hydrogens (primary N) is 1. The van der Waals surface area contributed by atoms with Crippen molar-refractivity contribution in [3.05, 3.63) is 41.7 Å². The molecule has 0 saturated heterocycles. The van der Waals surface area contributed by atoms with E-state index in [9.17, 15) is 4.79 Å². The van der Waals surface area contributed by atoms with Crippen molar-refractivity contribution in [1.29, 1.82) is 0 Å². The zero-order chi connectivity index (χ0) is 15.5. The average Bonchev–Trinajstić information content (AvgIpc) is 2.92. The predicted octanol–water partition coefficient (Wildman–Crippen LogP) is 1.14. The number of benzene rings is 1. The first-order valence-corrected chi connectivity index (χ1v) is 6.89. The van der Waals surface area contributed by atoms with Gasteiger partial charge >= 0.3 is 0 Å². The maximum atomic E-state index is 11.2. The monoisotopic (exact) mass is 287 g/mol. The first-order valence-electron chi connectivity index (χ1n) is 6.89. The Morgan fingerprint density at radius 3 is 2.71 bits per heavy atom. The Hall–Kier alpha value is -2.21. The van der Waals surface area contributed by atoms with Crippen molar-refractivity contribution in [2.75, 3.05) is 6.54 Å². The highest BCUT2D eigenvalue weighted by Gasteiger charge is 2.19. The van der Waals surface area contributed by atoms with Gasteiger partial charge in [0.25, 0.3) is 0 Å². The summed E-state index contributed by atoms with van der Waals surface area (Å²) in [4.78, 5) is 11.2. The van der Waals surface area contributed by atoms with E-state index in [-0.39, 0.29) is 17.9 Å². The minimum Gasteiger partial charge on any atom is -0.349 e. The topological polar surface area (TPSA) is 85.8 Å². The number of para-hydroxylation sites is 1. The molecule has 0 fully saturated rings. The predicted molar refractivity (Wildman–Crippen MR) is 81.0 cm³/mol. The fourth-order valence-corrected chi connectivity index (χ4v) is 2.07. The van der Waals surface area contributed by atoms with Crippen molar-refractivity contribution in [3.63, 3.8) is 0 Å². The zero-order valence-corrected chi connectivity index (χ0v) is 12.6. The van der Waals surface area contributed by atoms with Gasteiger partial charge < -0.3 is 11.1 Å². The van der Waals surface area contributed by atoms with Crippen molar-refractivity contribution in [1.82, 2.24) is 20.3 Å². The first kappa shape index (κ1) is 15.2. The largest absolute Gasteiger partial charge is 0.349 e. The van der Waals surface area contributed by atoms with Gasteiger partial charge in [-0.3, -0.25) is 4.79 Å². The van der Waals surface area contributed by atoms with Gasteiger partial charge in [-0.25, -0.2) is 4.68 Å². The lowest BCUT2D eigenvalue weighted by molar-refractivity contribution is -0.119. The van der Waals surface area contributed by atoms with Crippen LogP contribution >= 0.6 is 0 Å². The standard InChI is InChI=1S/C15H21N5O/c1-15(2,3)12-6-4-5-7-13(12)20-10-11(18-19-20)9-17-14(21)8-16/h4-7,10H,8-9,16H2,1-3H3,(H,17,21). The summed E-state index contributed by atoms with van der Waals surface area (Å²) in [5, 5.41) is 10.9. The molecule has 112 valence electrons. The number of nitrogens with zero attached hydrogens (tertiary/aromatic N) is 3. The number of nitrogens with one attached hydrogen (secondary N) is 1. The molecule has 0 aliphatic rings. The Labute approximate surface area is 124 Å². The smallest absolute Gasteiger partial charge is 0.234 e. The summed E-state index contributed by atoms with van der Waals surface area (Å²) in [6.07, 6.45) is 1.82. The van der Waals surface area contributed by atoms with Gasteiger partial charge in [-0.1, -0.05) is 44.2 Å². The van der Waals surface area contributed by atoms with Crippen LogP contribution in [0.1, 0.15) is 32.0 Å². The van der Waals surface area contributed by atoms with Gasteiger partial charge in [0.05, 0.1) is 25.0 Å². The van der Waals surface area contributed by atoms with E-state index in [0.717, 1.165) is 5.69 Å². The van der Waals surface area contributed by atoms with Crippen LogP contribution in [0.25, 0.3) is 5.69 Å².